The fourth-order valence-corrected chi connectivity index (χ4v) is 6.38. The van der Waals surface area contributed by atoms with Crippen LogP contribution in [-0.4, -0.2) is 64.9 Å². The van der Waals surface area contributed by atoms with E-state index in [0.29, 0.717) is 43.0 Å². The number of phenols is 1. The third-order valence-corrected chi connectivity index (χ3v) is 8.87. The van der Waals surface area contributed by atoms with Gasteiger partial charge in [0.15, 0.2) is 5.82 Å². The summed E-state index contributed by atoms with van der Waals surface area (Å²) in [5.74, 6) is 0.411. The molecule has 9 heteroatoms. The normalized spacial score (nSPS) is 17.3. The molecule has 3 aromatic carbocycles. The van der Waals surface area contributed by atoms with Crippen molar-refractivity contribution in [2.75, 3.05) is 43.4 Å². The number of nitrogens with zero attached hydrogens (tertiary/aromatic N) is 4. The van der Waals surface area contributed by atoms with Gasteiger partial charge in [-0.15, -0.1) is 10.2 Å². The van der Waals surface area contributed by atoms with Crippen molar-refractivity contribution >= 4 is 17.4 Å². The first-order valence-corrected chi connectivity index (χ1v) is 15.4. The van der Waals surface area contributed by atoms with Crippen molar-refractivity contribution < 1.29 is 14.6 Å². The largest absolute Gasteiger partial charge is 0.507 e. The Kier molecular flexibility index (Phi) is 9.04. The Labute approximate surface area is 258 Å². The van der Waals surface area contributed by atoms with E-state index < -0.39 is 5.60 Å². The molecule has 0 spiro atoms. The molecular formula is C35H40N6O3. The summed E-state index contributed by atoms with van der Waals surface area (Å²) in [7, 11) is 0. The van der Waals surface area contributed by atoms with Crippen molar-refractivity contribution in [1.82, 2.24) is 20.4 Å². The zero-order chi connectivity index (χ0) is 30.4. The summed E-state index contributed by atoms with van der Waals surface area (Å²) in [6.07, 6.45) is 3.22. The number of benzene rings is 3. The van der Waals surface area contributed by atoms with E-state index in [1.807, 2.05) is 42.5 Å². The number of ether oxygens (including phenoxy) is 1. The Morgan fingerprint density at radius 3 is 2.27 bits per heavy atom. The summed E-state index contributed by atoms with van der Waals surface area (Å²) >= 11 is 0. The second kappa shape index (κ2) is 13.4. The number of carbonyl (C=O) groups is 1. The fourth-order valence-electron chi connectivity index (χ4n) is 6.38. The molecule has 3 heterocycles. The molecule has 1 aromatic heterocycles. The second-order valence-electron chi connectivity index (χ2n) is 11.8. The lowest BCUT2D eigenvalue weighted by Crippen LogP contribution is -2.48. The number of carbonyl (C=O) groups excluding carboxylic acids is 1. The van der Waals surface area contributed by atoms with Crippen molar-refractivity contribution in [2.45, 2.75) is 43.9 Å². The number of hydrogen-bond acceptors (Lipinski definition) is 8. The van der Waals surface area contributed by atoms with Crippen LogP contribution in [0.25, 0.3) is 11.3 Å². The van der Waals surface area contributed by atoms with Crippen molar-refractivity contribution in [2.24, 2.45) is 0 Å². The van der Waals surface area contributed by atoms with Gasteiger partial charge in [-0.2, -0.15) is 0 Å². The number of nitrogens with two attached hydrogens (primary N) is 1. The van der Waals surface area contributed by atoms with E-state index in [1.54, 1.807) is 12.1 Å². The van der Waals surface area contributed by atoms with Crippen LogP contribution in [0.2, 0.25) is 0 Å². The Bertz CT molecular complexity index is 1530. The van der Waals surface area contributed by atoms with Crippen LogP contribution in [0.15, 0.2) is 91.0 Å². The highest BCUT2D eigenvalue weighted by molar-refractivity contribution is 5.77. The number of nitrogens with one attached hydrogen (secondary N) is 1. The van der Waals surface area contributed by atoms with Gasteiger partial charge < -0.3 is 25.8 Å². The van der Waals surface area contributed by atoms with Crippen molar-refractivity contribution in [3.8, 4) is 17.0 Å². The molecular weight excluding hydrogens is 552 g/mol. The van der Waals surface area contributed by atoms with Crippen molar-refractivity contribution in [1.29, 1.82) is 0 Å². The number of amides is 1. The zero-order valence-corrected chi connectivity index (χ0v) is 24.9. The molecule has 2 saturated heterocycles. The minimum absolute atomic E-state index is 0.00943. The van der Waals surface area contributed by atoms with Gasteiger partial charge in [-0.25, -0.2) is 0 Å². The van der Waals surface area contributed by atoms with Gasteiger partial charge in [0.1, 0.15) is 12.4 Å². The Morgan fingerprint density at radius 2 is 1.57 bits per heavy atom. The smallest absolute Gasteiger partial charge is 0.246 e. The number of likely N-dealkylation sites (tertiary alicyclic amines) is 1. The number of nitrogen functional groups attached to an aromatic ring is 1. The van der Waals surface area contributed by atoms with Gasteiger partial charge in [-0.05, 0) is 55.0 Å². The molecule has 6 rings (SSSR count). The maximum atomic E-state index is 13.1. The molecule has 228 valence electrons. The lowest BCUT2D eigenvalue weighted by molar-refractivity contribution is -0.137. The highest BCUT2D eigenvalue weighted by atomic mass is 16.5. The van der Waals surface area contributed by atoms with Gasteiger partial charge in [0.2, 0.25) is 5.91 Å². The third kappa shape index (κ3) is 6.85. The summed E-state index contributed by atoms with van der Waals surface area (Å²) in [5, 5.41) is 22.0. The molecule has 1 amide bonds. The van der Waals surface area contributed by atoms with E-state index in [1.165, 1.54) is 5.56 Å². The standard InChI is InChI=1S/C35H40N6O3/c36-34-31(23-30(38-39-34)29-13-7-8-14-32(29)42)41-21-17-35(18-22-41,27-11-5-2-6-12-27)44-25-33(43)37-28-15-19-40(20-16-28)24-26-9-3-1-4-10-26/h1-14,23,28,42H,15-22,24-25H2,(H2,36,39)(H,37,43). The highest BCUT2D eigenvalue weighted by Gasteiger charge is 2.38. The number of anilines is 2. The summed E-state index contributed by atoms with van der Waals surface area (Å²) in [5.41, 5.74) is 10.0. The number of aromatic nitrogens is 2. The monoisotopic (exact) mass is 592 g/mol. The van der Waals surface area contributed by atoms with Crippen LogP contribution in [0.1, 0.15) is 36.8 Å². The van der Waals surface area contributed by atoms with E-state index in [9.17, 15) is 9.90 Å². The Morgan fingerprint density at radius 1 is 0.909 bits per heavy atom. The summed E-state index contributed by atoms with van der Waals surface area (Å²) in [4.78, 5) is 17.7. The fraction of sp³-hybridized carbons (Fsp3) is 0.343. The second-order valence-corrected chi connectivity index (χ2v) is 11.8. The van der Waals surface area contributed by atoms with Gasteiger partial charge >= 0.3 is 0 Å². The van der Waals surface area contributed by atoms with E-state index in [-0.39, 0.29) is 24.3 Å². The maximum Gasteiger partial charge on any atom is 0.246 e. The quantitative estimate of drug-likeness (QED) is 0.256. The molecule has 2 aliphatic rings. The van der Waals surface area contributed by atoms with Gasteiger partial charge in [0.05, 0.1) is 17.0 Å². The SMILES string of the molecule is Nc1nnc(-c2ccccc2O)cc1N1CCC(OCC(=O)NC2CCN(Cc3ccccc3)CC2)(c2ccccc2)CC1. The average molecular weight is 593 g/mol. The third-order valence-electron chi connectivity index (χ3n) is 8.87. The molecule has 2 fully saturated rings. The van der Waals surface area contributed by atoms with Crippen molar-refractivity contribution in [3.63, 3.8) is 0 Å². The number of aromatic hydroxyl groups is 1. The zero-order valence-electron chi connectivity index (χ0n) is 24.9. The predicted molar refractivity (Wildman–Crippen MR) is 172 cm³/mol. The van der Waals surface area contributed by atoms with E-state index in [0.717, 1.165) is 43.7 Å². The van der Waals surface area contributed by atoms with Crippen molar-refractivity contribution in [3.05, 3.63) is 102 Å². The molecule has 44 heavy (non-hydrogen) atoms. The molecule has 0 atom stereocenters. The summed E-state index contributed by atoms with van der Waals surface area (Å²) < 4.78 is 6.54. The number of rotatable bonds is 9. The molecule has 0 unspecified atom stereocenters. The van der Waals surface area contributed by atoms with Gasteiger partial charge in [-0.3, -0.25) is 9.69 Å². The molecule has 2 aliphatic heterocycles. The lowest BCUT2D eigenvalue weighted by Gasteiger charge is -2.43. The van der Waals surface area contributed by atoms with E-state index >= 15 is 0 Å². The van der Waals surface area contributed by atoms with Crippen LogP contribution in [0, 0.1) is 0 Å². The number of piperidine rings is 2. The molecule has 0 bridgehead atoms. The number of hydrogen-bond donors (Lipinski definition) is 3. The predicted octanol–water partition coefficient (Wildman–Crippen LogP) is 4.72. The Hall–Kier alpha value is -4.47. The Balaban J connectivity index is 1.07. The average Bonchev–Trinajstić information content (AvgIpc) is 3.06. The summed E-state index contributed by atoms with van der Waals surface area (Å²) in [6.45, 7) is 4.19. The van der Waals surface area contributed by atoms with E-state index in [2.05, 4.69) is 61.7 Å². The van der Waals surface area contributed by atoms with Crippen LogP contribution in [0.5, 0.6) is 5.75 Å². The first kappa shape index (κ1) is 29.6. The number of para-hydroxylation sites is 1. The molecule has 4 N–H and O–H groups in total. The topological polar surface area (TPSA) is 117 Å². The minimum atomic E-state index is -0.593. The van der Waals surface area contributed by atoms with Crippen LogP contribution in [0.4, 0.5) is 11.5 Å². The van der Waals surface area contributed by atoms with Gasteiger partial charge in [0.25, 0.3) is 0 Å². The molecule has 0 aliphatic carbocycles. The molecule has 9 nitrogen and oxygen atoms in total. The molecule has 4 aromatic rings. The van der Waals surface area contributed by atoms with Crippen LogP contribution in [0.3, 0.4) is 0 Å². The molecule has 0 saturated carbocycles. The van der Waals surface area contributed by atoms with Gasteiger partial charge in [0, 0.05) is 44.3 Å². The van der Waals surface area contributed by atoms with Crippen LogP contribution < -0.4 is 16.0 Å². The van der Waals surface area contributed by atoms with Crippen LogP contribution >= 0.6 is 0 Å². The van der Waals surface area contributed by atoms with Crippen LogP contribution in [-0.2, 0) is 21.7 Å². The van der Waals surface area contributed by atoms with E-state index in [4.69, 9.17) is 10.5 Å². The van der Waals surface area contributed by atoms with Gasteiger partial charge in [-0.1, -0.05) is 72.8 Å². The first-order valence-electron chi connectivity index (χ1n) is 15.4. The minimum Gasteiger partial charge on any atom is -0.507 e. The highest BCUT2D eigenvalue weighted by Crippen LogP contribution is 2.40. The lowest BCUT2D eigenvalue weighted by atomic mass is 9.84. The number of phenolic OH excluding ortho intramolecular Hbond substituents is 1. The first-order chi connectivity index (χ1) is 21.5. The molecule has 0 radical (unpaired) electrons. The maximum absolute atomic E-state index is 13.1. The summed E-state index contributed by atoms with van der Waals surface area (Å²) in [6, 6.07) is 29.8.